The van der Waals surface area contributed by atoms with Crippen molar-refractivity contribution in [3.05, 3.63) is 0 Å². The summed E-state index contributed by atoms with van der Waals surface area (Å²) in [5, 5.41) is 71.5. The molecule has 28 heavy (non-hydrogen) atoms. The van der Waals surface area contributed by atoms with Gasteiger partial charge in [-0.1, -0.05) is 6.92 Å². The molecule has 2 aliphatic heterocycles. The zero-order chi connectivity index (χ0) is 21.0. The molecule has 0 aromatic carbocycles. The Labute approximate surface area is 161 Å². The molecule has 0 aromatic rings. The highest BCUT2D eigenvalue weighted by molar-refractivity contribution is 5.76. The molecule has 0 aromatic heterocycles. The molecule has 10 atom stereocenters. The third kappa shape index (κ3) is 4.97. The Morgan fingerprint density at radius 3 is 2.11 bits per heavy atom. The van der Waals surface area contributed by atoms with Gasteiger partial charge in [0.2, 0.25) is 5.91 Å². The average Bonchev–Trinajstić information content (AvgIpc) is 2.67. The van der Waals surface area contributed by atoms with E-state index in [-0.39, 0.29) is 6.42 Å². The number of hydrogen-bond acceptors (Lipinski definition) is 11. The molecule has 12 heteroatoms. The number of aliphatic hydroxyl groups is 7. The summed E-state index contributed by atoms with van der Waals surface area (Å²) in [4.78, 5) is 11.7. The van der Waals surface area contributed by atoms with Gasteiger partial charge in [0.25, 0.3) is 0 Å². The number of ether oxygens (including phenoxy) is 3. The molecular weight excluding hydrogens is 382 g/mol. The molecule has 0 aliphatic carbocycles. The van der Waals surface area contributed by atoms with E-state index in [1.807, 2.05) is 0 Å². The maximum Gasteiger partial charge on any atom is 0.222 e. The molecule has 12 nitrogen and oxygen atoms in total. The summed E-state index contributed by atoms with van der Waals surface area (Å²) in [6.45, 7) is 0.450. The number of carbonyl (C=O) groups excluding carboxylic acids is 1. The summed E-state index contributed by atoms with van der Waals surface area (Å²) in [7, 11) is 0. The number of hydrogen-bond donors (Lipinski definition) is 8. The van der Waals surface area contributed by atoms with Crippen LogP contribution in [0.25, 0.3) is 0 Å². The predicted molar refractivity (Wildman–Crippen MR) is 89.5 cm³/mol. The molecule has 2 aliphatic rings. The Hall–Kier alpha value is -0.930. The lowest BCUT2D eigenvalue weighted by Crippen LogP contribution is -2.66. The van der Waals surface area contributed by atoms with Crippen LogP contribution in [0.1, 0.15) is 19.8 Å². The van der Waals surface area contributed by atoms with E-state index in [0.717, 1.165) is 0 Å². The quantitative estimate of drug-likeness (QED) is 0.201. The molecule has 2 fully saturated rings. The Morgan fingerprint density at radius 1 is 0.893 bits per heavy atom. The molecule has 2 rings (SSSR count). The molecular formula is C16H29NO11. The van der Waals surface area contributed by atoms with Crippen molar-refractivity contribution in [3.8, 4) is 0 Å². The SMILES string of the molecule is CCCC(=O)N[C@@H]1O[C@H](CO)[C@@H](O[C@H]2O[C@H](CO)[C@@H](O)[C@H](O)[C@H]2O)[C@H](O)[C@H]1O. The summed E-state index contributed by atoms with van der Waals surface area (Å²) < 4.78 is 16.0. The van der Waals surface area contributed by atoms with E-state index in [9.17, 15) is 40.5 Å². The monoisotopic (exact) mass is 411 g/mol. The fourth-order valence-corrected chi connectivity index (χ4v) is 3.17. The van der Waals surface area contributed by atoms with Crippen LogP contribution in [0.5, 0.6) is 0 Å². The molecule has 0 bridgehead atoms. The minimum atomic E-state index is -1.73. The van der Waals surface area contributed by atoms with Crippen LogP contribution >= 0.6 is 0 Å². The second-order valence-corrected chi connectivity index (χ2v) is 6.87. The number of aliphatic hydroxyl groups excluding tert-OH is 7. The minimum Gasteiger partial charge on any atom is -0.394 e. The van der Waals surface area contributed by atoms with E-state index in [1.54, 1.807) is 6.92 Å². The highest BCUT2D eigenvalue weighted by Crippen LogP contribution is 2.28. The molecule has 0 unspecified atom stereocenters. The summed E-state index contributed by atoms with van der Waals surface area (Å²) >= 11 is 0. The third-order valence-electron chi connectivity index (χ3n) is 4.78. The summed E-state index contributed by atoms with van der Waals surface area (Å²) in [5.74, 6) is -0.413. The van der Waals surface area contributed by atoms with Gasteiger partial charge in [0.1, 0.15) is 48.8 Å². The average molecular weight is 411 g/mol. The maximum atomic E-state index is 11.7. The van der Waals surface area contributed by atoms with E-state index >= 15 is 0 Å². The van der Waals surface area contributed by atoms with Crippen molar-refractivity contribution in [2.45, 2.75) is 81.1 Å². The van der Waals surface area contributed by atoms with E-state index < -0.39 is 80.5 Å². The van der Waals surface area contributed by atoms with E-state index in [0.29, 0.717) is 6.42 Å². The van der Waals surface area contributed by atoms with Crippen LogP contribution in [-0.4, -0.2) is 116 Å². The number of carbonyl (C=O) groups is 1. The normalized spacial score (nSPS) is 44.3. The van der Waals surface area contributed by atoms with Crippen molar-refractivity contribution in [1.82, 2.24) is 5.32 Å². The van der Waals surface area contributed by atoms with Gasteiger partial charge >= 0.3 is 0 Å². The fraction of sp³-hybridized carbons (Fsp3) is 0.938. The lowest BCUT2D eigenvalue weighted by molar-refractivity contribution is -0.343. The largest absolute Gasteiger partial charge is 0.394 e. The van der Waals surface area contributed by atoms with Crippen LogP contribution in [0.4, 0.5) is 0 Å². The van der Waals surface area contributed by atoms with Gasteiger partial charge in [0, 0.05) is 6.42 Å². The third-order valence-corrected chi connectivity index (χ3v) is 4.78. The van der Waals surface area contributed by atoms with E-state index in [2.05, 4.69) is 5.32 Å². The summed E-state index contributed by atoms with van der Waals surface area (Å²) in [5.41, 5.74) is 0. The Bertz CT molecular complexity index is 505. The lowest BCUT2D eigenvalue weighted by atomic mass is 9.96. The Kier molecular flexibility index (Phi) is 8.51. The number of rotatable bonds is 7. The first-order valence-corrected chi connectivity index (χ1v) is 9.12. The maximum absolute atomic E-state index is 11.7. The first-order chi connectivity index (χ1) is 13.2. The molecule has 0 spiro atoms. The lowest BCUT2D eigenvalue weighted by Gasteiger charge is -2.46. The molecule has 1 amide bonds. The van der Waals surface area contributed by atoms with Crippen molar-refractivity contribution < 1.29 is 54.8 Å². The van der Waals surface area contributed by atoms with Gasteiger partial charge in [-0.3, -0.25) is 4.79 Å². The standard InChI is InChI=1S/C16H29NO11/c1-2-3-8(20)17-15-12(24)11(23)14(7(5-19)26-15)28-16-13(25)10(22)9(21)6(4-18)27-16/h6-7,9-16,18-19,21-25H,2-5H2,1H3,(H,17,20)/t6-,7-,9-,10+,11-,12-,13-,14-,15-,16-/m1/s1. The van der Waals surface area contributed by atoms with Gasteiger partial charge in [-0.05, 0) is 6.42 Å². The minimum absolute atomic E-state index is 0.178. The van der Waals surface area contributed by atoms with Gasteiger partial charge in [0.15, 0.2) is 12.5 Å². The van der Waals surface area contributed by atoms with Crippen molar-refractivity contribution in [1.29, 1.82) is 0 Å². The molecule has 8 N–H and O–H groups in total. The van der Waals surface area contributed by atoms with Gasteiger partial charge in [-0.15, -0.1) is 0 Å². The number of amides is 1. The predicted octanol–water partition coefficient (Wildman–Crippen LogP) is -4.47. The van der Waals surface area contributed by atoms with Crippen LogP contribution in [-0.2, 0) is 19.0 Å². The van der Waals surface area contributed by atoms with Crippen LogP contribution in [0, 0.1) is 0 Å². The Balaban J connectivity index is 2.09. The molecule has 0 saturated carbocycles. The molecule has 164 valence electrons. The number of nitrogens with one attached hydrogen (secondary N) is 1. The van der Waals surface area contributed by atoms with Gasteiger partial charge in [0.05, 0.1) is 13.2 Å². The van der Waals surface area contributed by atoms with Crippen molar-refractivity contribution in [3.63, 3.8) is 0 Å². The topological polar surface area (TPSA) is 198 Å². The molecule has 2 saturated heterocycles. The smallest absolute Gasteiger partial charge is 0.222 e. The molecule has 0 radical (unpaired) electrons. The second-order valence-electron chi connectivity index (χ2n) is 6.87. The van der Waals surface area contributed by atoms with Crippen LogP contribution < -0.4 is 5.32 Å². The van der Waals surface area contributed by atoms with Crippen LogP contribution in [0.2, 0.25) is 0 Å². The van der Waals surface area contributed by atoms with Gasteiger partial charge in [-0.25, -0.2) is 0 Å². The van der Waals surface area contributed by atoms with Gasteiger partial charge < -0.3 is 55.3 Å². The first-order valence-electron chi connectivity index (χ1n) is 9.12. The molecule has 2 heterocycles. The van der Waals surface area contributed by atoms with E-state index in [4.69, 9.17) is 14.2 Å². The summed E-state index contributed by atoms with van der Waals surface area (Å²) in [6.07, 6.45) is -14.3. The zero-order valence-corrected chi connectivity index (χ0v) is 15.4. The first kappa shape index (κ1) is 23.3. The van der Waals surface area contributed by atoms with Crippen LogP contribution in [0.15, 0.2) is 0 Å². The second kappa shape index (κ2) is 10.2. The highest BCUT2D eigenvalue weighted by Gasteiger charge is 2.50. The van der Waals surface area contributed by atoms with Crippen LogP contribution in [0.3, 0.4) is 0 Å². The summed E-state index contributed by atoms with van der Waals surface area (Å²) in [6, 6.07) is 0. The van der Waals surface area contributed by atoms with Crippen molar-refractivity contribution in [2.24, 2.45) is 0 Å². The van der Waals surface area contributed by atoms with E-state index in [1.165, 1.54) is 0 Å². The fourth-order valence-electron chi connectivity index (χ4n) is 3.17. The van der Waals surface area contributed by atoms with Crippen molar-refractivity contribution >= 4 is 5.91 Å². The highest BCUT2D eigenvalue weighted by atomic mass is 16.7. The Morgan fingerprint density at radius 2 is 1.54 bits per heavy atom. The van der Waals surface area contributed by atoms with Gasteiger partial charge in [-0.2, -0.15) is 0 Å². The zero-order valence-electron chi connectivity index (χ0n) is 15.4. The van der Waals surface area contributed by atoms with Crippen molar-refractivity contribution in [2.75, 3.05) is 13.2 Å².